The Morgan fingerprint density at radius 2 is 1.77 bits per heavy atom. The topological polar surface area (TPSA) is 20.2 Å². The van der Waals surface area contributed by atoms with E-state index in [0.29, 0.717) is 0 Å². The first-order chi connectivity index (χ1) is 6.25. The number of rotatable bonds is 2. The maximum absolute atomic E-state index is 9.34. The van der Waals surface area contributed by atoms with Crippen LogP contribution in [-0.2, 0) is 6.42 Å². The Labute approximate surface area is 81.4 Å². The van der Waals surface area contributed by atoms with Crippen LogP contribution in [0.3, 0.4) is 0 Å². The van der Waals surface area contributed by atoms with Crippen LogP contribution in [0.15, 0.2) is 24.3 Å². The summed E-state index contributed by atoms with van der Waals surface area (Å²) < 4.78 is 0. The fraction of sp³-hybridized carbons (Fsp3) is 0.500. The highest BCUT2D eigenvalue weighted by molar-refractivity contribution is 5.28. The summed E-state index contributed by atoms with van der Waals surface area (Å²) in [5.41, 5.74) is 2.29. The monoisotopic (exact) mass is 180 g/mol. The van der Waals surface area contributed by atoms with Crippen LogP contribution in [0.1, 0.15) is 44.9 Å². The molecule has 1 aromatic carbocycles. The molecule has 74 valence electrons. The Hall–Kier alpha value is -0.820. The van der Waals surface area contributed by atoms with Gasteiger partial charge in [-0.15, -0.1) is 0 Å². The minimum atomic E-state index is -0.342. The summed E-state index contributed by atoms with van der Waals surface area (Å²) in [6, 6.07) is 8.00. The summed E-state index contributed by atoms with van der Waals surface area (Å²) >= 11 is 0. The average Bonchev–Trinajstić information content (AvgIpc) is 2.20. The first-order valence-corrected chi connectivity index (χ1v) is 5.01. The molecule has 0 amide bonds. The second-order valence-corrected chi connectivity index (χ2v) is 2.73. The van der Waals surface area contributed by atoms with Gasteiger partial charge in [-0.05, 0) is 24.5 Å². The highest BCUT2D eigenvalue weighted by Crippen LogP contribution is 2.17. The van der Waals surface area contributed by atoms with Crippen molar-refractivity contribution >= 4 is 0 Å². The molecule has 1 unspecified atom stereocenters. The Kier molecular flexibility index (Phi) is 6.25. The van der Waals surface area contributed by atoms with Gasteiger partial charge in [0, 0.05) is 0 Å². The minimum absolute atomic E-state index is 0.342. The molecule has 1 atom stereocenters. The third-order valence-corrected chi connectivity index (χ3v) is 1.89. The fourth-order valence-electron chi connectivity index (χ4n) is 1.26. The van der Waals surface area contributed by atoms with Crippen molar-refractivity contribution in [2.75, 3.05) is 0 Å². The van der Waals surface area contributed by atoms with Crippen LogP contribution >= 0.6 is 0 Å². The molecule has 0 saturated heterocycles. The quantitative estimate of drug-likeness (QED) is 0.740. The van der Waals surface area contributed by atoms with Crippen LogP contribution in [-0.4, -0.2) is 5.11 Å². The predicted molar refractivity (Wildman–Crippen MR) is 57.8 cm³/mol. The van der Waals surface area contributed by atoms with E-state index in [4.69, 9.17) is 0 Å². The fourth-order valence-corrected chi connectivity index (χ4v) is 1.26. The van der Waals surface area contributed by atoms with Crippen molar-refractivity contribution in [2.24, 2.45) is 0 Å². The first kappa shape index (κ1) is 12.2. The lowest BCUT2D eigenvalue weighted by Gasteiger charge is -2.09. The lowest BCUT2D eigenvalue weighted by atomic mass is 10.0. The normalized spacial score (nSPS) is 11.5. The Bertz CT molecular complexity index is 228. The molecule has 0 fully saturated rings. The van der Waals surface area contributed by atoms with Crippen LogP contribution < -0.4 is 0 Å². The van der Waals surface area contributed by atoms with Crippen LogP contribution in [0.25, 0.3) is 0 Å². The van der Waals surface area contributed by atoms with Crippen LogP contribution in [0.4, 0.5) is 0 Å². The zero-order chi connectivity index (χ0) is 10.3. The molecule has 0 saturated carbocycles. The summed E-state index contributed by atoms with van der Waals surface area (Å²) in [7, 11) is 0. The molecule has 0 radical (unpaired) electrons. The molecule has 0 aromatic heterocycles. The van der Waals surface area contributed by atoms with Crippen molar-refractivity contribution in [3.63, 3.8) is 0 Å². The van der Waals surface area contributed by atoms with Crippen LogP contribution in [0, 0.1) is 0 Å². The van der Waals surface area contributed by atoms with Crippen molar-refractivity contribution in [3.8, 4) is 0 Å². The molecule has 0 aliphatic rings. The number of benzene rings is 1. The zero-order valence-electron chi connectivity index (χ0n) is 9.04. The molecule has 1 nitrogen and oxygen atoms in total. The molecule has 1 rings (SSSR count). The van der Waals surface area contributed by atoms with Crippen molar-refractivity contribution < 1.29 is 5.11 Å². The second-order valence-electron chi connectivity index (χ2n) is 2.73. The standard InChI is InChI=1S/C10H14O.C2H6/c1-3-9-6-4-5-7-10(9)8(2)11;1-2/h4-8,11H,3H2,1-2H3;1-2H3. The van der Waals surface area contributed by atoms with Gasteiger partial charge in [-0.2, -0.15) is 0 Å². The maximum Gasteiger partial charge on any atom is 0.0764 e. The molecule has 0 bridgehead atoms. The third kappa shape index (κ3) is 3.60. The predicted octanol–water partition coefficient (Wildman–Crippen LogP) is 3.33. The Balaban J connectivity index is 0.000000671. The van der Waals surface area contributed by atoms with E-state index in [2.05, 4.69) is 13.0 Å². The van der Waals surface area contributed by atoms with Gasteiger partial charge in [0.05, 0.1) is 6.10 Å². The largest absolute Gasteiger partial charge is 0.389 e. The molecule has 1 N–H and O–H groups in total. The summed E-state index contributed by atoms with van der Waals surface area (Å²) in [6.07, 6.45) is 0.646. The van der Waals surface area contributed by atoms with Gasteiger partial charge in [0.15, 0.2) is 0 Å². The van der Waals surface area contributed by atoms with Gasteiger partial charge in [-0.3, -0.25) is 0 Å². The van der Waals surface area contributed by atoms with Gasteiger partial charge in [0.1, 0.15) is 0 Å². The van der Waals surface area contributed by atoms with Crippen molar-refractivity contribution in [2.45, 2.75) is 40.2 Å². The smallest absolute Gasteiger partial charge is 0.0764 e. The molecule has 1 heteroatoms. The molecule has 1 aromatic rings. The second kappa shape index (κ2) is 6.67. The van der Waals surface area contributed by atoms with Gasteiger partial charge in [0.25, 0.3) is 0 Å². The lowest BCUT2D eigenvalue weighted by Crippen LogP contribution is -1.96. The molecular weight excluding hydrogens is 160 g/mol. The van der Waals surface area contributed by atoms with E-state index in [1.165, 1.54) is 5.56 Å². The van der Waals surface area contributed by atoms with Gasteiger partial charge >= 0.3 is 0 Å². The maximum atomic E-state index is 9.34. The van der Waals surface area contributed by atoms with Gasteiger partial charge in [-0.1, -0.05) is 45.0 Å². The Morgan fingerprint density at radius 3 is 2.15 bits per heavy atom. The molecule has 0 aliphatic carbocycles. The summed E-state index contributed by atoms with van der Waals surface area (Å²) in [5.74, 6) is 0. The summed E-state index contributed by atoms with van der Waals surface area (Å²) in [6.45, 7) is 7.90. The van der Waals surface area contributed by atoms with E-state index >= 15 is 0 Å². The van der Waals surface area contributed by atoms with Gasteiger partial charge in [-0.25, -0.2) is 0 Å². The van der Waals surface area contributed by atoms with Crippen molar-refractivity contribution in [1.82, 2.24) is 0 Å². The molecular formula is C12H20O. The van der Waals surface area contributed by atoms with E-state index in [1.807, 2.05) is 32.0 Å². The van der Waals surface area contributed by atoms with E-state index in [9.17, 15) is 5.11 Å². The average molecular weight is 180 g/mol. The van der Waals surface area contributed by atoms with Crippen LogP contribution in [0.5, 0.6) is 0 Å². The van der Waals surface area contributed by atoms with Crippen molar-refractivity contribution in [1.29, 1.82) is 0 Å². The van der Waals surface area contributed by atoms with Gasteiger partial charge in [0.2, 0.25) is 0 Å². The minimum Gasteiger partial charge on any atom is -0.389 e. The number of hydrogen-bond donors (Lipinski definition) is 1. The van der Waals surface area contributed by atoms with E-state index in [1.54, 1.807) is 6.92 Å². The highest BCUT2D eigenvalue weighted by atomic mass is 16.3. The highest BCUT2D eigenvalue weighted by Gasteiger charge is 2.03. The van der Waals surface area contributed by atoms with Gasteiger partial charge < -0.3 is 5.11 Å². The lowest BCUT2D eigenvalue weighted by molar-refractivity contribution is 0.198. The Morgan fingerprint density at radius 1 is 1.23 bits per heavy atom. The molecule has 0 spiro atoms. The number of aliphatic hydroxyl groups excluding tert-OH is 1. The number of aryl methyl sites for hydroxylation is 1. The third-order valence-electron chi connectivity index (χ3n) is 1.89. The molecule has 0 aliphatic heterocycles. The van der Waals surface area contributed by atoms with E-state index in [0.717, 1.165) is 12.0 Å². The first-order valence-electron chi connectivity index (χ1n) is 5.01. The SMILES string of the molecule is CC.CCc1ccccc1C(C)O. The summed E-state index contributed by atoms with van der Waals surface area (Å²) in [4.78, 5) is 0. The van der Waals surface area contributed by atoms with Crippen LogP contribution in [0.2, 0.25) is 0 Å². The summed E-state index contributed by atoms with van der Waals surface area (Å²) in [5, 5.41) is 9.34. The van der Waals surface area contributed by atoms with Crippen molar-refractivity contribution in [3.05, 3.63) is 35.4 Å². The molecule has 13 heavy (non-hydrogen) atoms. The zero-order valence-corrected chi connectivity index (χ0v) is 9.04. The van der Waals surface area contributed by atoms with E-state index < -0.39 is 0 Å². The number of aliphatic hydroxyl groups is 1. The van der Waals surface area contributed by atoms with E-state index in [-0.39, 0.29) is 6.10 Å². The number of hydrogen-bond acceptors (Lipinski definition) is 1. The molecule has 0 heterocycles.